The summed E-state index contributed by atoms with van der Waals surface area (Å²) in [6.07, 6.45) is 1.70. The molecule has 0 aliphatic carbocycles. The monoisotopic (exact) mass is 301 g/mol. The van der Waals surface area contributed by atoms with Gasteiger partial charge in [0.05, 0.1) is 0 Å². The fourth-order valence-electron chi connectivity index (χ4n) is 1.31. The molecule has 0 aliphatic rings. The number of rotatable bonds is 1. The number of aromatic nitrogens is 1. The van der Waals surface area contributed by atoms with Gasteiger partial charge >= 0.3 is 5.97 Å². The highest BCUT2D eigenvalue weighted by atomic mass is 127. The molecule has 1 aromatic carbocycles. The third-order valence-corrected chi connectivity index (χ3v) is 2.53. The Bertz CT molecular complexity index is 490. The van der Waals surface area contributed by atoms with Crippen LogP contribution in [0.3, 0.4) is 0 Å². The predicted octanol–water partition coefficient (Wildman–Crippen LogP) is 2.70. The van der Waals surface area contributed by atoms with Crippen LogP contribution in [-0.4, -0.2) is 11.0 Å². The van der Waals surface area contributed by atoms with E-state index < -0.39 is 0 Å². The summed E-state index contributed by atoms with van der Waals surface area (Å²) in [6.45, 7) is 1.40. The van der Waals surface area contributed by atoms with Crippen LogP contribution >= 0.6 is 22.6 Å². The van der Waals surface area contributed by atoms with Gasteiger partial charge in [-0.2, -0.15) is 0 Å². The van der Waals surface area contributed by atoms with E-state index in [4.69, 9.17) is 4.74 Å². The Morgan fingerprint density at radius 3 is 3.00 bits per heavy atom. The lowest BCUT2D eigenvalue weighted by atomic mass is 10.2. The van der Waals surface area contributed by atoms with Crippen molar-refractivity contribution in [1.29, 1.82) is 0 Å². The van der Waals surface area contributed by atoms with E-state index >= 15 is 0 Å². The summed E-state index contributed by atoms with van der Waals surface area (Å²) in [5.41, 5.74) is 0.974. The Kier molecular flexibility index (Phi) is 2.45. The minimum Gasteiger partial charge on any atom is -0.424 e. The number of carbonyl (C=O) groups excluding carboxylic acids is 1. The van der Waals surface area contributed by atoms with Crippen molar-refractivity contribution in [2.75, 3.05) is 0 Å². The normalized spacial score (nSPS) is 10.4. The molecule has 1 aromatic heterocycles. The first-order chi connectivity index (χ1) is 6.66. The molecule has 0 saturated heterocycles. The predicted molar refractivity (Wildman–Crippen MR) is 62.3 cm³/mol. The second kappa shape index (κ2) is 3.61. The molecule has 0 aliphatic heterocycles. The van der Waals surface area contributed by atoms with Crippen molar-refractivity contribution in [2.45, 2.75) is 6.92 Å². The Morgan fingerprint density at radius 1 is 1.50 bits per heavy atom. The topological polar surface area (TPSA) is 42.1 Å². The third kappa shape index (κ3) is 1.75. The summed E-state index contributed by atoms with van der Waals surface area (Å²) in [7, 11) is 0. The fourth-order valence-corrected chi connectivity index (χ4v) is 1.80. The Balaban J connectivity index is 2.55. The maximum atomic E-state index is 10.8. The molecule has 2 rings (SSSR count). The Hall–Kier alpha value is -1.04. The molecule has 2 aromatic rings. The number of hydrogen-bond acceptors (Lipinski definition) is 2. The standard InChI is InChI=1S/C10H8INO2/c1-6(13)14-10-5-12-9-3-2-7(11)4-8(9)10/h2-5,12H,1H3. The average molecular weight is 301 g/mol. The van der Waals surface area contributed by atoms with Crippen LogP contribution in [0.2, 0.25) is 0 Å². The molecule has 14 heavy (non-hydrogen) atoms. The van der Waals surface area contributed by atoms with Gasteiger partial charge in [-0.05, 0) is 40.8 Å². The molecule has 0 fully saturated rings. The first-order valence-corrected chi connectivity index (χ1v) is 5.20. The van der Waals surface area contributed by atoms with Gasteiger partial charge in [-0.1, -0.05) is 0 Å². The van der Waals surface area contributed by atoms with Crippen molar-refractivity contribution in [3.8, 4) is 5.75 Å². The number of benzene rings is 1. The number of ether oxygens (including phenoxy) is 1. The highest BCUT2D eigenvalue weighted by molar-refractivity contribution is 14.1. The van der Waals surface area contributed by atoms with Crippen LogP contribution in [0.4, 0.5) is 0 Å². The van der Waals surface area contributed by atoms with E-state index in [2.05, 4.69) is 27.6 Å². The van der Waals surface area contributed by atoms with Crippen LogP contribution in [0.25, 0.3) is 10.9 Å². The van der Waals surface area contributed by atoms with E-state index in [0.717, 1.165) is 14.5 Å². The maximum Gasteiger partial charge on any atom is 0.308 e. The zero-order valence-corrected chi connectivity index (χ0v) is 9.66. The van der Waals surface area contributed by atoms with E-state index in [-0.39, 0.29) is 5.97 Å². The summed E-state index contributed by atoms with van der Waals surface area (Å²) < 4.78 is 6.16. The van der Waals surface area contributed by atoms with E-state index in [9.17, 15) is 4.79 Å². The second-order valence-corrected chi connectivity index (χ2v) is 4.18. The van der Waals surface area contributed by atoms with Crippen LogP contribution in [-0.2, 0) is 4.79 Å². The summed E-state index contributed by atoms with van der Waals surface area (Å²) in [5, 5.41) is 0.937. The van der Waals surface area contributed by atoms with Crippen LogP contribution < -0.4 is 4.74 Å². The molecule has 0 amide bonds. The van der Waals surface area contributed by atoms with E-state index in [1.807, 2.05) is 18.2 Å². The van der Waals surface area contributed by atoms with Crippen LogP contribution in [0.15, 0.2) is 24.4 Å². The molecular formula is C10H8INO2. The smallest absolute Gasteiger partial charge is 0.308 e. The fraction of sp³-hybridized carbons (Fsp3) is 0.100. The van der Waals surface area contributed by atoms with Gasteiger partial charge in [-0.15, -0.1) is 0 Å². The molecule has 1 N–H and O–H groups in total. The third-order valence-electron chi connectivity index (χ3n) is 1.86. The largest absolute Gasteiger partial charge is 0.424 e. The van der Waals surface area contributed by atoms with Crippen LogP contribution in [0, 0.1) is 3.57 Å². The van der Waals surface area contributed by atoms with Gasteiger partial charge in [0, 0.05) is 27.6 Å². The van der Waals surface area contributed by atoms with Gasteiger partial charge in [-0.25, -0.2) is 0 Å². The van der Waals surface area contributed by atoms with Crippen molar-refractivity contribution in [3.63, 3.8) is 0 Å². The molecule has 0 spiro atoms. The minimum atomic E-state index is -0.301. The van der Waals surface area contributed by atoms with Crippen molar-refractivity contribution in [2.24, 2.45) is 0 Å². The lowest BCUT2D eigenvalue weighted by Gasteiger charge is -1.98. The first kappa shape index (κ1) is 9.51. The van der Waals surface area contributed by atoms with Crippen molar-refractivity contribution < 1.29 is 9.53 Å². The van der Waals surface area contributed by atoms with Crippen molar-refractivity contribution in [3.05, 3.63) is 28.0 Å². The number of halogens is 1. The first-order valence-electron chi connectivity index (χ1n) is 4.12. The molecule has 72 valence electrons. The number of fused-ring (bicyclic) bond motifs is 1. The van der Waals surface area contributed by atoms with Gasteiger partial charge in [-0.3, -0.25) is 4.79 Å². The quantitative estimate of drug-likeness (QED) is 0.650. The summed E-state index contributed by atoms with van der Waals surface area (Å²) in [5.74, 6) is 0.288. The molecular weight excluding hydrogens is 293 g/mol. The minimum absolute atomic E-state index is 0.301. The van der Waals surface area contributed by atoms with Crippen LogP contribution in [0.5, 0.6) is 5.75 Å². The molecule has 0 saturated carbocycles. The average Bonchev–Trinajstić information content (AvgIpc) is 2.47. The number of esters is 1. The van der Waals surface area contributed by atoms with E-state index in [1.54, 1.807) is 6.20 Å². The number of carbonyl (C=O) groups is 1. The molecule has 4 heteroatoms. The highest BCUT2D eigenvalue weighted by Crippen LogP contribution is 2.26. The van der Waals surface area contributed by atoms with E-state index in [1.165, 1.54) is 6.92 Å². The zero-order chi connectivity index (χ0) is 10.1. The molecule has 0 unspecified atom stereocenters. The van der Waals surface area contributed by atoms with Crippen molar-refractivity contribution in [1.82, 2.24) is 4.98 Å². The van der Waals surface area contributed by atoms with Crippen LogP contribution in [0.1, 0.15) is 6.92 Å². The SMILES string of the molecule is CC(=O)Oc1c[nH]c2ccc(I)cc12. The number of nitrogens with one attached hydrogen (secondary N) is 1. The molecule has 3 nitrogen and oxygen atoms in total. The second-order valence-electron chi connectivity index (χ2n) is 2.94. The lowest BCUT2D eigenvalue weighted by molar-refractivity contribution is -0.131. The number of aromatic amines is 1. The molecule has 1 heterocycles. The number of hydrogen-bond donors (Lipinski definition) is 1. The Morgan fingerprint density at radius 2 is 2.29 bits per heavy atom. The van der Waals surface area contributed by atoms with Gasteiger partial charge in [0.2, 0.25) is 0 Å². The molecule has 0 atom stereocenters. The van der Waals surface area contributed by atoms with Crippen molar-refractivity contribution >= 4 is 39.5 Å². The van der Waals surface area contributed by atoms with Gasteiger partial charge in [0.15, 0.2) is 5.75 Å². The lowest BCUT2D eigenvalue weighted by Crippen LogP contribution is -2.00. The zero-order valence-electron chi connectivity index (χ0n) is 7.50. The summed E-state index contributed by atoms with van der Waals surface area (Å²) in [4.78, 5) is 13.8. The van der Waals surface area contributed by atoms with Gasteiger partial charge in [0.1, 0.15) is 0 Å². The van der Waals surface area contributed by atoms with Gasteiger partial charge < -0.3 is 9.72 Å². The maximum absolute atomic E-state index is 10.8. The number of H-pyrrole nitrogens is 1. The Labute approximate surface area is 94.6 Å². The molecule has 0 radical (unpaired) electrons. The van der Waals surface area contributed by atoms with Gasteiger partial charge in [0.25, 0.3) is 0 Å². The van der Waals surface area contributed by atoms with E-state index in [0.29, 0.717) is 5.75 Å². The summed E-state index contributed by atoms with van der Waals surface area (Å²) in [6, 6.07) is 5.94. The molecule has 0 bridgehead atoms. The summed E-state index contributed by atoms with van der Waals surface area (Å²) >= 11 is 2.22. The highest BCUT2D eigenvalue weighted by Gasteiger charge is 2.06.